The van der Waals surface area contributed by atoms with E-state index in [9.17, 15) is 25.7 Å². The molecule has 7 nitrogen and oxygen atoms in total. The van der Waals surface area contributed by atoms with Crippen molar-refractivity contribution >= 4 is 12.2 Å². The summed E-state index contributed by atoms with van der Waals surface area (Å²) in [5, 5.41) is 50.8. The number of hydrogen-bond acceptors (Lipinski definition) is 7. The Morgan fingerprint density at radius 2 is 1.50 bits per heavy atom. The molecule has 164 valence electrons. The molecule has 1 fully saturated rings. The number of nitriles is 1. The highest BCUT2D eigenvalue weighted by molar-refractivity contribution is 7.71. The van der Waals surface area contributed by atoms with Gasteiger partial charge in [0.15, 0.2) is 6.23 Å². The number of pyridine rings is 1. The Kier molecular flexibility index (Phi) is 6.48. The summed E-state index contributed by atoms with van der Waals surface area (Å²) in [7, 11) is 0. The lowest BCUT2D eigenvalue weighted by Crippen LogP contribution is -2.56. The number of rotatable bonds is 4. The lowest BCUT2D eigenvalue weighted by molar-refractivity contribution is -0.251. The molecule has 2 heterocycles. The van der Waals surface area contributed by atoms with Crippen LogP contribution in [0.4, 0.5) is 0 Å². The van der Waals surface area contributed by atoms with Gasteiger partial charge in [0.1, 0.15) is 35.1 Å². The van der Waals surface area contributed by atoms with Crippen LogP contribution < -0.4 is 0 Å². The van der Waals surface area contributed by atoms with E-state index in [1.165, 1.54) is 4.57 Å². The average Bonchev–Trinajstić information content (AvgIpc) is 2.84. The second-order valence-corrected chi connectivity index (χ2v) is 7.94. The molecule has 5 atom stereocenters. The number of benzene rings is 2. The number of nitrogens with zero attached hydrogens (tertiary/aromatic N) is 2. The Morgan fingerprint density at radius 1 is 0.906 bits per heavy atom. The predicted octanol–water partition coefficient (Wildman–Crippen LogP) is 2.40. The van der Waals surface area contributed by atoms with Gasteiger partial charge in [-0.15, -0.1) is 0 Å². The lowest BCUT2D eigenvalue weighted by Gasteiger charge is -2.41. The maximum atomic E-state index is 10.8. The first-order valence-electron chi connectivity index (χ1n) is 10.1. The van der Waals surface area contributed by atoms with E-state index < -0.39 is 37.3 Å². The van der Waals surface area contributed by atoms with E-state index in [2.05, 4.69) is 6.07 Å². The van der Waals surface area contributed by atoms with Crippen LogP contribution in [-0.4, -0.2) is 56.0 Å². The zero-order valence-electron chi connectivity index (χ0n) is 16.9. The Morgan fingerprint density at radius 3 is 2.06 bits per heavy atom. The van der Waals surface area contributed by atoms with Crippen LogP contribution in [0.25, 0.3) is 22.4 Å². The second kappa shape index (κ2) is 9.30. The topological polar surface area (TPSA) is 119 Å². The van der Waals surface area contributed by atoms with Gasteiger partial charge in [0, 0.05) is 5.56 Å². The van der Waals surface area contributed by atoms with E-state index >= 15 is 0 Å². The number of ether oxygens (including phenoxy) is 1. The summed E-state index contributed by atoms with van der Waals surface area (Å²) in [5.41, 5.74) is 2.93. The third-order valence-corrected chi connectivity index (χ3v) is 6.03. The van der Waals surface area contributed by atoms with E-state index in [4.69, 9.17) is 17.0 Å². The number of aliphatic hydroxyl groups is 4. The van der Waals surface area contributed by atoms with Crippen LogP contribution in [0.1, 0.15) is 11.8 Å². The first kappa shape index (κ1) is 22.3. The largest absolute Gasteiger partial charge is 0.394 e. The van der Waals surface area contributed by atoms with Gasteiger partial charge >= 0.3 is 0 Å². The fraction of sp³-hybridized carbons (Fsp3) is 0.250. The molecule has 8 heteroatoms. The maximum absolute atomic E-state index is 10.8. The molecular formula is C24H22N2O5S. The summed E-state index contributed by atoms with van der Waals surface area (Å²) in [6, 6.07) is 22.5. The molecule has 32 heavy (non-hydrogen) atoms. The van der Waals surface area contributed by atoms with Crippen LogP contribution in [-0.2, 0) is 4.74 Å². The Labute approximate surface area is 190 Å². The van der Waals surface area contributed by atoms with Crippen LogP contribution in [0, 0.1) is 16.0 Å². The smallest absolute Gasteiger partial charge is 0.164 e. The summed E-state index contributed by atoms with van der Waals surface area (Å²) in [6.07, 6.45) is -6.96. The first-order chi connectivity index (χ1) is 15.5. The van der Waals surface area contributed by atoms with Crippen molar-refractivity contribution in [1.82, 2.24) is 4.57 Å². The fourth-order valence-electron chi connectivity index (χ4n) is 3.96. The molecule has 1 aromatic heterocycles. The first-order valence-corrected chi connectivity index (χ1v) is 10.5. The van der Waals surface area contributed by atoms with Crippen LogP contribution in [0.3, 0.4) is 0 Å². The SMILES string of the molecule is N#Cc1c(-c2ccccc2)cc(-c2ccccc2)n([C@H]2O[C@@H](CO)[C@@H](O)[C@@H](O)[C@@H]2O)c1=S. The molecular weight excluding hydrogens is 428 g/mol. The zero-order valence-corrected chi connectivity index (χ0v) is 17.8. The van der Waals surface area contributed by atoms with E-state index in [1.807, 2.05) is 60.7 Å². The average molecular weight is 451 g/mol. The molecule has 0 amide bonds. The summed E-state index contributed by atoms with van der Waals surface area (Å²) in [5.74, 6) is 0. The van der Waals surface area contributed by atoms with Gasteiger partial charge in [-0.2, -0.15) is 5.26 Å². The molecule has 0 unspecified atom stereocenters. The Balaban J connectivity index is 2.00. The van der Waals surface area contributed by atoms with Crippen molar-refractivity contribution in [3.8, 4) is 28.5 Å². The van der Waals surface area contributed by atoms with Crippen LogP contribution >= 0.6 is 12.2 Å². The molecule has 1 aliphatic heterocycles. The van der Waals surface area contributed by atoms with Gasteiger partial charge in [-0.1, -0.05) is 72.9 Å². The van der Waals surface area contributed by atoms with Gasteiger partial charge in [-0.3, -0.25) is 0 Å². The Hall–Kier alpha value is -2.90. The molecule has 4 N–H and O–H groups in total. The van der Waals surface area contributed by atoms with Gasteiger partial charge in [0.2, 0.25) is 0 Å². The van der Waals surface area contributed by atoms with Gasteiger partial charge in [0.05, 0.1) is 17.9 Å². The maximum Gasteiger partial charge on any atom is 0.164 e. The van der Waals surface area contributed by atoms with Gasteiger partial charge in [0.25, 0.3) is 0 Å². The summed E-state index contributed by atoms with van der Waals surface area (Å²) in [6.45, 7) is -0.567. The van der Waals surface area contributed by atoms with Crippen molar-refractivity contribution in [3.63, 3.8) is 0 Å². The van der Waals surface area contributed by atoms with Crippen molar-refractivity contribution < 1.29 is 25.2 Å². The van der Waals surface area contributed by atoms with Crippen molar-refractivity contribution in [2.45, 2.75) is 30.6 Å². The molecule has 3 aromatic rings. The van der Waals surface area contributed by atoms with E-state index in [0.717, 1.165) is 11.1 Å². The highest BCUT2D eigenvalue weighted by atomic mass is 32.1. The normalized spacial score (nSPS) is 25.3. The van der Waals surface area contributed by atoms with Crippen molar-refractivity contribution in [1.29, 1.82) is 5.26 Å². The lowest BCUT2D eigenvalue weighted by atomic mass is 9.95. The minimum absolute atomic E-state index is 0.108. The summed E-state index contributed by atoms with van der Waals surface area (Å²) < 4.78 is 7.36. The predicted molar refractivity (Wildman–Crippen MR) is 120 cm³/mol. The molecule has 4 rings (SSSR count). The summed E-state index contributed by atoms with van der Waals surface area (Å²) >= 11 is 5.69. The van der Waals surface area contributed by atoms with Crippen molar-refractivity contribution in [2.24, 2.45) is 0 Å². The molecule has 0 bridgehead atoms. The van der Waals surface area contributed by atoms with Crippen LogP contribution in [0.5, 0.6) is 0 Å². The molecule has 2 aromatic carbocycles. The van der Waals surface area contributed by atoms with Gasteiger partial charge < -0.3 is 29.7 Å². The Bertz CT molecular complexity index is 1190. The van der Waals surface area contributed by atoms with E-state index in [1.54, 1.807) is 6.07 Å². The van der Waals surface area contributed by atoms with Crippen molar-refractivity contribution in [3.05, 3.63) is 76.9 Å². The minimum Gasteiger partial charge on any atom is -0.394 e. The molecule has 1 aliphatic rings. The summed E-state index contributed by atoms with van der Waals surface area (Å²) in [4.78, 5) is 0. The zero-order chi connectivity index (χ0) is 22.8. The molecule has 0 radical (unpaired) electrons. The number of aromatic nitrogens is 1. The van der Waals surface area contributed by atoms with Gasteiger partial charge in [-0.05, 0) is 17.2 Å². The third kappa shape index (κ3) is 3.87. The van der Waals surface area contributed by atoms with E-state index in [0.29, 0.717) is 11.3 Å². The molecule has 0 saturated carbocycles. The highest BCUT2D eigenvalue weighted by Gasteiger charge is 2.45. The standard InChI is InChI=1S/C24H22N2O5S/c25-12-17-16(14-7-3-1-4-8-14)11-18(15-9-5-2-6-10-15)26(24(17)32)23-22(30)21(29)20(28)19(13-27)31-23/h1-11,19-23,27-30H,13H2/t19-,20+,21+,22-,23-/m0/s1. The van der Waals surface area contributed by atoms with Crippen LogP contribution in [0.2, 0.25) is 0 Å². The molecule has 0 aliphatic carbocycles. The number of aliphatic hydroxyl groups excluding tert-OH is 4. The third-order valence-electron chi connectivity index (χ3n) is 5.63. The minimum atomic E-state index is -1.57. The molecule has 0 spiro atoms. The molecule has 1 saturated heterocycles. The fourth-order valence-corrected chi connectivity index (χ4v) is 4.31. The quantitative estimate of drug-likeness (QED) is 0.451. The van der Waals surface area contributed by atoms with E-state index in [-0.39, 0.29) is 10.2 Å². The van der Waals surface area contributed by atoms with Gasteiger partial charge in [-0.25, -0.2) is 0 Å². The second-order valence-electron chi connectivity index (χ2n) is 7.56. The monoisotopic (exact) mass is 450 g/mol. The highest BCUT2D eigenvalue weighted by Crippen LogP contribution is 2.37. The van der Waals surface area contributed by atoms with Crippen molar-refractivity contribution in [2.75, 3.05) is 6.61 Å². The number of hydrogen-bond donors (Lipinski definition) is 4. The van der Waals surface area contributed by atoms with Crippen LogP contribution in [0.15, 0.2) is 66.7 Å².